The van der Waals surface area contributed by atoms with Crippen LogP contribution in [0.2, 0.25) is 5.02 Å². The molecule has 1 fully saturated rings. The van der Waals surface area contributed by atoms with Crippen LogP contribution in [0.15, 0.2) is 77.3 Å². The monoisotopic (exact) mass is 540 g/mol. The van der Waals surface area contributed by atoms with Crippen LogP contribution >= 0.6 is 27.5 Å². The molecule has 1 amide bonds. The van der Waals surface area contributed by atoms with E-state index in [2.05, 4.69) is 84.5 Å². The minimum absolute atomic E-state index is 0.0732. The SMILES string of the molecule is CN(C)c1ccc(C(CNC(=O)c2cc(Br)ccc2Cl)N2CCN(c3ccccc3)CC2)cc1. The van der Waals surface area contributed by atoms with Crippen molar-refractivity contribution in [3.05, 3.63) is 93.4 Å². The largest absolute Gasteiger partial charge is 0.378 e. The summed E-state index contributed by atoms with van der Waals surface area (Å²) in [5.74, 6) is -0.163. The second kappa shape index (κ2) is 11.3. The third kappa shape index (κ3) is 5.93. The number of piperazine rings is 1. The highest BCUT2D eigenvalue weighted by Crippen LogP contribution is 2.26. The Morgan fingerprint density at radius 3 is 2.32 bits per heavy atom. The normalized spacial score (nSPS) is 15.1. The van der Waals surface area contributed by atoms with Gasteiger partial charge in [0.2, 0.25) is 0 Å². The van der Waals surface area contributed by atoms with Crippen molar-refractivity contribution in [3.63, 3.8) is 0 Å². The van der Waals surface area contributed by atoms with Crippen LogP contribution in [-0.2, 0) is 0 Å². The minimum atomic E-state index is -0.163. The molecule has 1 saturated heterocycles. The molecule has 1 aliphatic rings. The molecule has 0 bridgehead atoms. The molecule has 0 aliphatic carbocycles. The van der Waals surface area contributed by atoms with Gasteiger partial charge in [-0.2, -0.15) is 0 Å². The summed E-state index contributed by atoms with van der Waals surface area (Å²) in [5, 5.41) is 3.58. The average molecular weight is 542 g/mol. The van der Waals surface area contributed by atoms with Gasteiger partial charge in [0.05, 0.1) is 16.6 Å². The van der Waals surface area contributed by atoms with Gasteiger partial charge in [-0.1, -0.05) is 57.9 Å². The second-order valence-corrected chi connectivity index (χ2v) is 10.0. The van der Waals surface area contributed by atoms with Crippen molar-refractivity contribution >= 4 is 44.8 Å². The zero-order valence-electron chi connectivity index (χ0n) is 19.5. The number of benzene rings is 3. The highest BCUT2D eigenvalue weighted by Gasteiger charge is 2.26. The molecule has 4 rings (SSSR count). The van der Waals surface area contributed by atoms with E-state index in [0.717, 1.165) is 36.3 Å². The summed E-state index contributed by atoms with van der Waals surface area (Å²) in [6.45, 7) is 4.24. The van der Waals surface area contributed by atoms with Crippen molar-refractivity contribution in [2.45, 2.75) is 6.04 Å². The van der Waals surface area contributed by atoms with E-state index in [1.165, 1.54) is 11.3 Å². The van der Waals surface area contributed by atoms with Gasteiger partial charge in [-0.25, -0.2) is 0 Å². The van der Waals surface area contributed by atoms with Gasteiger partial charge in [0.25, 0.3) is 5.91 Å². The first kappa shape index (κ1) is 24.6. The second-order valence-electron chi connectivity index (χ2n) is 8.69. The van der Waals surface area contributed by atoms with Crippen LogP contribution in [-0.4, -0.2) is 57.6 Å². The Balaban J connectivity index is 1.50. The Kier molecular flexibility index (Phi) is 8.14. The zero-order valence-corrected chi connectivity index (χ0v) is 21.9. The number of rotatable bonds is 7. The number of hydrogen-bond donors (Lipinski definition) is 1. The van der Waals surface area contributed by atoms with Gasteiger partial charge in [-0.15, -0.1) is 0 Å². The van der Waals surface area contributed by atoms with Crippen molar-refractivity contribution in [3.8, 4) is 0 Å². The van der Waals surface area contributed by atoms with Gasteiger partial charge in [0.1, 0.15) is 0 Å². The molecule has 1 N–H and O–H groups in total. The lowest BCUT2D eigenvalue weighted by Gasteiger charge is -2.40. The summed E-state index contributed by atoms with van der Waals surface area (Å²) >= 11 is 9.72. The maximum atomic E-state index is 13.0. The highest BCUT2D eigenvalue weighted by atomic mass is 79.9. The number of para-hydroxylation sites is 1. The van der Waals surface area contributed by atoms with Crippen molar-refractivity contribution in [1.29, 1.82) is 0 Å². The molecule has 3 aromatic carbocycles. The summed E-state index contributed by atoms with van der Waals surface area (Å²) in [6, 6.07) is 24.5. The fourth-order valence-electron chi connectivity index (χ4n) is 4.34. The van der Waals surface area contributed by atoms with Crippen LogP contribution in [0.1, 0.15) is 22.0 Å². The summed E-state index contributed by atoms with van der Waals surface area (Å²) in [4.78, 5) is 19.9. The van der Waals surface area contributed by atoms with E-state index in [4.69, 9.17) is 11.6 Å². The van der Waals surface area contributed by atoms with E-state index in [1.54, 1.807) is 12.1 Å². The van der Waals surface area contributed by atoms with Crippen LogP contribution in [0, 0.1) is 0 Å². The number of nitrogens with one attached hydrogen (secondary N) is 1. The van der Waals surface area contributed by atoms with Crippen LogP contribution in [0.25, 0.3) is 0 Å². The van der Waals surface area contributed by atoms with Gasteiger partial charge in [0, 0.05) is 62.7 Å². The fraction of sp³-hybridized carbons (Fsp3) is 0.296. The molecule has 178 valence electrons. The van der Waals surface area contributed by atoms with E-state index in [9.17, 15) is 4.79 Å². The van der Waals surface area contributed by atoms with Crippen molar-refractivity contribution in [2.75, 3.05) is 56.6 Å². The van der Waals surface area contributed by atoms with Crippen molar-refractivity contribution < 1.29 is 4.79 Å². The molecule has 0 spiro atoms. The Bertz CT molecular complexity index is 1100. The smallest absolute Gasteiger partial charge is 0.252 e. The molecule has 1 atom stereocenters. The molecule has 1 heterocycles. The maximum Gasteiger partial charge on any atom is 0.252 e. The minimum Gasteiger partial charge on any atom is -0.378 e. The van der Waals surface area contributed by atoms with Gasteiger partial charge < -0.3 is 15.1 Å². The van der Waals surface area contributed by atoms with Crippen LogP contribution < -0.4 is 15.1 Å². The van der Waals surface area contributed by atoms with E-state index in [1.807, 2.05) is 26.2 Å². The fourth-order valence-corrected chi connectivity index (χ4v) is 4.90. The predicted octanol–water partition coefficient (Wildman–Crippen LogP) is 5.46. The number of halogens is 2. The molecular formula is C27H30BrClN4O. The van der Waals surface area contributed by atoms with Gasteiger partial charge in [-0.05, 0) is 48.0 Å². The molecule has 34 heavy (non-hydrogen) atoms. The Hall–Kier alpha value is -2.54. The van der Waals surface area contributed by atoms with Crippen LogP contribution in [0.5, 0.6) is 0 Å². The standard InChI is InChI=1S/C27H30BrClN4O/c1-31(2)22-11-8-20(9-12-22)26(19-30-27(34)24-18-21(28)10-13-25(24)29)33-16-14-32(15-17-33)23-6-4-3-5-7-23/h3-13,18,26H,14-17,19H2,1-2H3,(H,30,34). The molecule has 5 nitrogen and oxygen atoms in total. The average Bonchev–Trinajstić information content (AvgIpc) is 2.86. The van der Waals surface area contributed by atoms with E-state index >= 15 is 0 Å². The molecule has 0 saturated carbocycles. The number of carbonyl (C=O) groups excluding carboxylic acids is 1. The Morgan fingerprint density at radius 2 is 1.68 bits per heavy atom. The first-order valence-electron chi connectivity index (χ1n) is 11.5. The summed E-state index contributed by atoms with van der Waals surface area (Å²) < 4.78 is 0.829. The molecule has 0 radical (unpaired) electrons. The topological polar surface area (TPSA) is 38.8 Å². The van der Waals surface area contributed by atoms with Gasteiger partial charge in [0.15, 0.2) is 0 Å². The molecule has 0 aromatic heterocycles. The molecule has 3 aromatic rings. The van der Waals surface area contributed by atoms with Gasteiger partial charge >= 0.3 is 0 Å². The molecular weight excluding hydrogens is 512 g/mol. The van der Waals surface area contributed by atoms with Gasteiger partial charge in [-0.3, -0.25) is 9.69 Å². The summed E-state index contributed by atoms with van der Waals surface area (Å²) in [6.07, 6.45) is 0. The van der Waals surface area contributed by atoms with Crippen molar-refractivity contribution in [2.24, 2.45) is 0 Å². The highest BCUT2D eigenvalue weighted by molar-refractivity contribution is 9.10. The third-order valence-corrected chi connectivity index (χ3v) is 7.12. The van der Waals surface area contributed by atoms with E-state index < -0.39 is 0 Å². The predicted molar refractivity (Wildman–Crippen MR) is 145 cm³/mol. The number of hydrogen-bond acceptors (Lipinski definition) is 4. The number of carbonyl (C=O) groups is 1. The van der Waals surface area contributed by atoms with E-state index in [0.29, 0.717) is 17.1 Å². The Labute approximate surface area is 215 Å². The first-order valence-corrected chi connectivity index (χ1v) is 12.6. The lowest BCUT2D eigenvalue weighted by molar-refractivity contribution is 0.0930. The van der Waals surface area contributed by atoms with Crippen LogP contribution in [0.4, 0.5) is 11.4 Å². The Morgan fingerprint density at radius 1 is 1.00 bits per heavy atom. The molecule has 1 aliphatic heterocycles. The maximum absolute atomic E-state index is 13.0. The summed E-state index contributed by atoms with van der Waals surface area (Å²) in [5.41, 5.74) is 4.08. The number of amides is 1. The third-order valence-electron chi connectivity index (χ3n) is 6.30. The first-order chi connectivity index (χ1) is 16.4. The number of nitrogens with zero attached hydrogens (tertiary/aromatic N) is 3. The number of anilines is 2. The lowest BCUT2D eigenvalue weighted by atomic mass is 10.0. The summed E-state index contributed by atoms with van der Waals surface area (Å²) in [7, 11) is 4.08. The lowest BCUT2D eigenvalue weighted by Crippen LogP contribution is -2.50. The zero-order chi connectivity index (χ0) is 24.1. The van der Waals surface area contributed by atoms with E-state index in [-0.39, 0.29) is 11.9 Å². The van der Waals surface area contributed by atoms with Crippen molar-refractivity contribution in [1.82, 2.24) is 10.2 Å². The quantitative estimate of drug-likeness (QED) is 0.431. The van der Waals surface area contributed by atoms with Crippen LogP contribution in [0.3, 0.4) is 0 Å². The molecule has 7 heteroatoms. The molecule has 1 unspecified atom stereocenters.